The SMILES string of the molecule is Cc1nc(Nc2ccc(NS(=O)(=O)c3cccc(C(F)(F)F)c3)cc2)cc(N(C)C)n1. The van der Waals surface area contributed by atoms with Gasteiger partial charge in [-0.15, -0.1) is 0 Å². The van der Waals surface area contributed by atoms with Gasteiger partial charge in [-0.1, -0.05) is 6.07 Å². The van der Waals surface area contributed by atoms with Crippen LogP contribution in [-0.4, -0.2) is 32.5 Å². The fourth-order valence-electron chi connectivity index (χ4n) is 2.67. The van der Waals surface area contributed by atoms with Crippen molar-refractivity contribution in [2.45, 2.75) is 18.0 Å². The topological polar surface area (TPSA) is 87.2 Å². The third kappa shape index (κ3) is 5.63. The van der Waals surface area contributed by atoms with E-state index >= 15 is 0 Å². The van der Waals surface area contributed by atoms with E-state index in [1.165, 1.54) is 12.1 Å². The van der Waals surface area contributed by atoms with Gasteiger partial charge < -0.3 is 10.2 Å². The van der Waals surface area contributed by atoms with E-state index in [-0.39, 0.29) is 5.69 Å². The van der Waals surface area contributed by atoms with E-state index in [1.54, 1.807) is 25.1 Å². The maximum Gasteiger partial charge on any atom is 0.416 e. The molecule has 0 amide bonds. The third-order valence-electron chi connectivity index (χ3n) is 4.16. The van der Waals surface area contributed by atoms with E-state index in [0.717, 1.165) is 24.0 Å². The number of alkyl halides is 3. The minimum atomic E-state index is -4.63. The molecule has 3 aromatic rings. The Morgan fingerprint density at radius 1 is 0.935 bits per heavy atom. The first-order valence-electron chi connectivity index (χ1n) is 9.04. The van der Waals surface area contributed by atoms with Crippen molar-refractivity contribution in [1.82, 2.24) is 9.97 Å². The Hall–Kier alpha value is -3.34. The molecule has 7 nitrogen and oxygen atoms in total. The average molecular weight is 451 g/mol. The summed E-state index contributed by atoms with van der Waals surface area (Å²) in [4.78, 5) is 9.98. The van der Waals surface area contributed by atoms with Crippen LogP contribution in [-0.2, 0) is 16.2 Å². The highest BCUT2D eigenvalue weighted by molar-refractivity contribution is 7.92. The summed E-state index contributed by atoms with van der Waals surface area (Å²) >= 11 is 0. The molecule has 3 rings (SSSR count). The lowest BCUT2D eigenvalue weighted by molar-refractivity contribution is -0.137. The van der Waals surface area contributed by atoms with Crippen LogP contribution in [0.1, 0.15) is 11.4 Å². The molecule has 0 fully saturated rings. The van der Waals surface area contributed by atoms with Crippen molar-refractivity contribution in [2.24, 2.45) is 0 Å². The van der Waals surface area contributed by atoms with Crippen molar-refractivity contribution in [1.29, 1.82) is 0 Å². The molecule has 0 spiro atoms. The van der Waals surface area contributed by atoms with Crippen LogP contribution in [0.25, 0.3) is 0 Å². The molecule has 0 bridgehead atoms. The van der Waals surface area contributed by atoms with Crippen LogP contribution < -0.4 is 14.9 Å². The van der Waals surface area contributed by atoms with Crippen LogP contribution in [0.2, 0.25) is 0 Å². The van der Waals surface area contributed by atoms with E-state index in [4.69, 9.17) is 0 Å². The Morgan fingerprint density at radius 2 is 1.58 bits per heavy atom. The number of nitrogens with zero attached hydrogens (tertiary/aromatic N) is 3. The van der Waals surface area contributed by atoms with Gasteiger partial charge in [0.15, 0.2) is 0 Å². The van der Waals surface area contributed by atoms with Crippen molar-refractivity contribution >= 4 is 33.0 Å². The zero-order chi connectivity index (χ0) is 22.8. The highest BCUT2D eigenvalue weighted by Gasteiger charge is 2.31. The van der Waals surface area contributed by atoms with Gasteiger partial charge in [-0.3, -0.25) is 4.72 Å². The van der Waals surface area contributed by atoms with Crippen molar-refractivity contribution < 1.29 is 21.6 Å². The van der Waals surface area contributed by atoms with Crippen molar-refractivity contribution in [2.75, 3.05) is 29.0 Å². The van der Waals surface area contributed by atoms with Crippen LogP contribution in [0.3, 0.4) is 0 Å². The largest absolute Gasteiger partial charge is 0.416 e. The van der Waals surface area contributed by atoms with Gasteiger partial charge in [0, 0.05) is 31.5 Å². The molecule has 0 radical (unpaired) electrons. The number of hydrogen-bond acceptors (Lipinski definition) is 6. The molecule has 0 aliphatic heterocycles. The first kappa shape index (κ1) is 22.3. The molecule has 2 aromatic carbocycles. The predicted octanol–water partition coefficient (Wildman–Crippen LogP) is 4.41. The minimum Gasteiger partial charge on any atom is -0.363 e. The lowest BCUT2D eigenvalue weighted by atomic mass is 10.2. The first-order valence-corrected chi connectivity index (χ1v) is 10.5. The summed E-state index contributed by atoms with van der Waals surface area (Å²) in [5.74, 6) is 1.87. The summed E-state index contributed by atoms with van der Waals surface area (Å²) in [6.45, 7) is 1.77. The minimum absolute atomic E-state index is 0.204. The number of halogens is 3. The van der Waals surface area contributed by atoms with Crippen LogP contribution in [0, 0.1) is 6.92 Å². The zero-order valence-electron chi connectivity index (χ0n) is 16.9. The van der Waals surface area contributed by atoms with Crippen LogP contribution in [0.5, 0.6) is 0 Å². The number of rotatable bonds is 6. The molecule has 0 unspecified atom stereocenters. The molecule has 0 saturated carbocycles. The maximum absolute atomic E-state index is 12.9. The van der Waals surface area contributed by atoms with Gasteiger partial charge in [0.25, 0.3) is 10.0 Å². The molecule has 164 valence electrons. The van der Waals surface area contributed by atoms with E-state index in [0.29, 0.717) is 23.4 Å². The molecule has 0 saturated heterocycles. The van der Waals surface area contributed by atoms with E-state index in [9.17, 15) is 21.6 Å². The summed E-state index contributed by atoms with van der Waals surface area (Å²) in [7, 11) is -0.469. The molecule has 0 aliphatic carbocycles. The number of aryl methyl sites for hydroxylation is 1. The summed E-state index contributed by atoms with van der Waals surface area (Å²) in [5.41, 5.74) is -0.187. The van der Waals surface area contributed by atoms with Gasteiger partial charge in [0.1, 0.15) is 17.5 Å². The fourth-order valence-corrected chi connectivity index (χ4v) is 3.77. The predicted molar refractivity (Wildman–Crippen MR) is 113 cm³/mol. The Kier molecular flexibility index (Phi) is 6.07. The molecule has 11 heteroatoms. The molecule has 1 aromatic heterocycles. The second-order valence-electron chi connectivity index (χ2n) is 6.89. The smallest absolute Gasteiger partial charge is 0.363 e. The number of hydrogen-bond donors (Lipinski definition) is 2. The summed E-state index contributed by atoms with van der Waals surface area (Å²) in [5, 5.41) is 3.11. The molecular formula is C20H20F3N5O2S. The van der Waals surface area contributed by atoms with E-state index in [1.807, 2.05) is 19.0 Å². The standard InChI is InChI=1S/C20H20F3N5O2S/c1-13-24-18(12-19(25-13)28(2)3)26-15-7-9-16(10-8-15)27-31(29,30)17-6-4-5-14(11-17)20(21,22)23/h4-12,27H,1-3H3,(H,24,25,26). The Bertz CT molecular complexity index is 1180. The number of sulfonamides is 1. The molecule has 1 heterocycles. The second kappa shape index (κ2) is 8.42. The van der Waals surface area contributed by atoms with Gasteiger partial charge in [-0.2, -0.15) is 13.2 Å². The van der Waals surface area contributed by atoms with Gasteiger partial charge >= 0.3 is 6.18 Å². The number of benzene rings is 2. The molecule has 0 aliphatic rings. The molecule has 31 heavy (non-hydrogen) atoms. The maximum atomic E-state index is 12.9. The average Bonchev–Trinajstić information content (AvgIpc) is 2.68. The van der Waals surface area contributed by atoms with Crippen molar-refractivity contribution in [3.8, 4) is 0 Å². The second-order valence-corrected chi connectivity index (χ2v) is 8.57. The number of aromatic nitrogens is 2. The molecule has 0 atom stereocenters. The Labute approximate surface area is 178 Å². The monoisotopic (exact) mass is 451 g/mol. The summed E-state index contributed by atoms with van der Waals surface area (Å²) in [6, 6.07) is 11.6. The lowest BCUT2D eigenvalue weighted by Crippen LogP contribution is -2.14. The lowest BCUT2D eigenvalue weighted by Gasteiger charge is -2.14. The summed E-state index contributed by atoms with van der Waals surface area (Å²) < 4.78 is 65.8. The highest BCUT2D eigenvalue weighted by Crippen LogP contribution is 2.31. The third-order valence-corrected chi connectivity index (χ3v) is 5.54. The summed E-state index contributed by atoms with van der Waals surface area (Å²) in [6.07, 6.45) is -4.63. The van der Waals surface area contributed by atoms with Gasteiger partial charge in [-0.05, 0) is 49.4 Å². The Morgan fingerprint density at radius 3 is 2.19 bits per heavy atom. The highest BCUT2D eigenvalue weighted by atomic mass is 32.2. The quantitative estimate of drug-likeness (QED) is 0.577. The molecular weight excluding hydrogens is 431 g/mol. The van der Waals surface area contributed by atoms with Crippen molar-refractivity contribution in [3.63, 3.8) is 0 Å². The van der Waals surface area contributed by atoms with E-state index < -0.39 is 26.7 Å². The van der Waals surface area contributed by atoms with Crippen LogP contribution in [0.4, 0.5) is 36.2 Å². The number of anilines is 4. The Balaban J connectivity index is 1.76. The zero-order valence-corrected chi connectivity index (χ0v) is 17.7. The van der Waals surface area contributed by atoms with Gasteiger partial charge in [0.2, 0.25) is 0 Å². The van der Waals surface area contributed by atoms with Crippen LogP contribution >= 0.6 is 0 Å². The first-order chi connectivity index (χ1) is 14.4. The van der Waals surface area contributed by atoms with E-state index in [2.05, 4.69) is 20.0 Å². The van der Waals surface area contributed by atoms with Crippen molar-refractivity contribution in [3.05, 3.63) is 66.0 Å². The number of nitrogens with one attached hydrogen (secondary N) is 2. The fraction of sp³-hybridized carbons (Fsp3) is 0.200. The normalized spacial score (nSPS) is 11.8. The molecule has 2 N–H and O–H groups in total. The van der Waals surface area contributed by atoms with Gasteiger partial charge in [0.05, 0.1) is 10.5 Å². The van der Waals surface area contributed by atoms with Gasteiger partial charge in [-0.25, -0.2) is 18.4 Å². The van der Waals surface area contributed by atoms with Crippen LogP contribution in [0.15, 0.2) is 59.5 Å².